The van der Waals surface area contributed by atoms with E-state index in [4.69, 9.17) is 5.73 Å². The molecular weight excluding hydrogens is 301 g/mol. The van der Waals surface area contributed by atoms with Gasteiger partial charge in [0, 0.05) is 30.1 Å². The number of nitrogens with one attached hydrogen (secondary N) is 1. The van der Waals surface area contributed by atoms with Crippen LogP contribution in [0.3, 0.4) is 0 Å². The molecule has 0 bridgehead atoms. The number of rotatable bonds is 3. The number of hydrogen-bond acceptors (Lipinski definition) is 4. The molecule has 0 spiro atoms. The van der Waals surface area contributed by atoms with E-state index in [0.29, 0.717) is 16.1 Å². The van der Waals surface area contributed by atoms with Crippen molar-refractivity contribution in [3.8, 4) is 0 Å². The zero-order valence-electron chi connectivity index (χ0n) is 12.4. The number of thiophene rings is 1. The number of fused-ring (bicyclic) bond motifs is 1. The lowest BCUT2D eigenvalue weighted by atomic mass is 10.0. The molecular formula is C16H18FN3OS. The molecule has 0 atom stereocenters. The fraction of sp³-hybridized carbons (Fsp3) is 0.312. The molecule has 1 amide bonds. The summed E-state index contributed by atoms with van der Waals surface area (Å²) >= 11 is 1.47. The summed E-state index contributed by atoms with van der Waals surface area (Å²) < 4.78 is 13.6. The lowest BCUT2D eigenvalue weighted by Crippen LogP contribution is -2.29. The molecule has 2 aromatic rings. The molecule has 0 fully saturated rings. The van der Waals surface area contributed by atoms with Crippen LogP contribution in [0.15, 0.2) is 24.3 Å². The summed E-state index contributed by atoms with van der Waals surface area (Å²) in [5.74, 6) is -0.535. The van der Waals surface area contributed by atoms with E-state index < -0.39 is 0 Å². The van der Waals surface area contributed by atoms with Crippen LogP contribution < -0.4 is 11.1 Å². The van der Waals surface area contributed by atoms with Gasteiger partial charge in [-0.05, 0) is 25.1 Å². The first kappa shape index (κ1) is 15.0. The van der Waals surface area contributed by atoms with Gasteiger partial charge in [-0.25, -0.2) is 4.39 Å². The molecule has 0 saturated carbocycles. The van der Waals surface area contributed by atoms with Gasteiger partial charge in [0.1, 0.15) is 5.82 Å². The quantitative estimate of drug-likeness (QED) is 0.913. The normalized spacial score (nSPS) is 14.6. The van der Waals surface area contributed by atoms with E-state index in [2.05, 4.69) is 17.3 Å². The molecule has 1 aromatic heterocycles. The van der Waals surface area contributed by atoms with Crippen LogP contribution in [0.25, 0.3) is 0 Å². The molecule has 0 unspecified atom stereocenters. The van der Waals surface area contributed by atoms with Gasteiger partial charge in [0.2, 0.25) is 0 Å². The topological polar surface area (TPSA) is 58.4 Å². The standard InChI is InChI=1S/C16H18FN3OS/c1-20-7-6-11-13(9-20)22-15(18)14(11)16(21)19-8-10-4-2-3-5-12(10)17/h2-5H,6-9,18H2,1H3,(H,19,21). The lowest BCUT2D eigenvalue weighted by Gasteiger charge is -2.22. The molecule has 2 heterocycles. The van der Waals surface area contributed by atoms with E-state index in [1.54, 1.807) is 18.2 Å². The Morgan fingerprint density at radius 2 is 2.23 bits per heavy atom. The summed E-state index contributed by atoms with van der Waals surface area (Å²) in [6.07, 6.45) is 0.821. The highest BCUT2D eigenvalue weighted by Crippen LogP contribution is 2.34. The predicted octanol–water partition coefficient (Wildman–Crippen LogP) is 2.39. The fourth-order valence-corrected chi connectivity index (χ4v) is 3.90. The molecule has 22 heavy (non-hydrogen) atoms. The molecule has 1 aliphatic rings. The Bertz CT molecular complexity index is 713. The van der Waals surface area contributed by atoms with Crippen LogP contribution in [0, 0.1) is 5.82 Å². The predicted molar refractivity (Wildman–Crippen MR) is 86.3 cm³/mol. The zero-order chi connectivity index (χ0) is 15.7. The van der Waals surface area contributed by atoms with Gasteiger partial charge in [0.25, 0.3) is 5.91 Å². The summed E-state index contributed by atoms with van der Waals surface area (Å²) in [5.41, 5.74) is 8.12. The highest BCUT2D eigenvalue weighted by molar-refractivity contribution is 7.16. The Labute approximate surface area is 132 Å². The first-order valence-electron chi connectivity index (χ1n) is 7.16. The average Bonchev–Trinajstić information content (AvgIpc) is 2.81. The molecule has 6 heteroatoms. The summed E-state index contributed by atoms with van der Waals surface area (Å²) in [6.45, 7) is 1.90. The number of carbonyl (C=O) groups is 1. The fourth-order valence-electron chi connectivity index (χ4n) is 2.71. The largest absolute Gasteiger partial charge is 0.390 e. The number of nitrogen functional groups attached to an aromatic ring is 1. The van der Waals surface area contributed by atoms with E-state index in [-0.39, 0.29) is 18.3 Å². The molecule has 0 radical (unpaired) electrons. The number of likely N-dealkylation sites (N-methyl/N-ethyl adjacent to an activating group) is 1. The van der Waals surface area contributed by atoms with Crippen molar-refractivity contribution in [1.82, 2.24) is 10.2 Å². The van der Waals surface area contributed by atoms with Crippen molar-refractivity contribution in [2.45, 2.75) is 19.5 Å². The second-order valence-corrected chi connectivity index (χ2v) is 6.64. The van der Waals surface area contributed by atoms with Crippen molar-refractivity contribution < 1.29 is 9.18 Å². The Hall–Kier alpha value is -1.92. The smallest absolute Gasteiger partial charge is 0.254 e. The third-order valence-corrected chi connectivity index (χ3v) is 4.95. The van der Waals surface area contributed by atoms with Crippen molar-refractivity contribution in [2.75, 3.05) is 19.3 Å². The average molecular weight is 319 g/mol. The minimum absolute atomic E-state index is 0.162. The van der Waals surface area contributed by atoms with Gasteiger partial charge < -0.3 is 16.0 Å². The number of anilines is 1. The number of carbonyl (C=O) groups excluding carboxylic acids is 1. The zero-order valence-corrected chi connectivity index (χ0v) is 13.2. The molecule has 1 aromatic carbocycles. The SMILES string of the molecule is CN1CCc2c(sc(N)c2C(=O)NCc2ccccc2F)C1. The lowest BCUT2D eigenvalue weighted by molar-refractivity contribution is 0.0950. The molecule has 0 saturated heterocycles. The van der Waals surface area contributed by atoms with Crippen LogP contribution in [0.2, 0.25) is 0 Å². The Balaban J connectivity index is 1.77. The van der Waals surface area contributed by atoms with Gasteiger partial charge in [-0.3, -0.25) is 4.79 Å². The minimum Gasteiger partial charge on any atom is -0.390 e. The van der Waals surface area contributed by atoms with Crippen molar-refractivity contribution in [3.63, 3.8) is 0 Å². The molecule has 4 nitrogen and oxygen atoms in total. The summed E-state index contributed by atoms with van der Waals surface area (Å²) in [7, 11) is 2.05. The molecule has 3 N–H and O–H groups in total. The third-order valence-electron chi connectivity index (χ3n) is 3.90. The van der Waals surface area contributed by atoms with E-state index in [1.807, 2.05) is 0 Å². The van der Waals surface area contributed by atoms with Gasteiger partial charge in [0.15, 0.2) is 0 Å². The Morgan fingerprint density at radius 1 is 1.45 bits per heavy atom. The highest BCUT2D eigenvalue weighted by atomic mass is 32.1. The molecule has 116 valence electrons. The van der Waals surface area contributed by atoms with E-state index >= 15 is 0 Å². The van der Waals surface area contributed by atoms with Gasteiger partial charge in [-0.2, -0.15) is 0 Å². The first-order chi connectivity index (χ1) is 10.6. The number of nitrogens with zero attached hydrogens (tertiary/aromatic N) is 1. The Morgan fingerprint density at radius 3 is 3.00 bits per heavy atom. The van der Waals surface area contributed by atoms with Crippen LogP contribution in [0.1, 0.15) is 26.4 Å². The van der Waals surface area contributed by atoms with E-state index in [0.717, 1.165) is 30.0 Å². The second-order valence-electron chi connectivity index (χ2n) is 5.50. The maximum Gasteiger partial charge on any atom is 0.254 e. The minimum atomic E-state index is -0.315. The number of nitrogens with two attached hydrogens (primary N) is 1. The first-order valence-corrected chi connectivity index (χ1v) is 7.98. The van der Waals surface area contributed by atoms with Crippen LogP contribution >= 0.6 is 11.3 Å². The van der Waals surface area contributed by atoms with E-state index in [9.17, 15) is 9.18 Å². The number of benzene rings is 1. The number of halogens is 1. The summed E-state index contributed by atoms with van der Waals surface area (Å²) in [4.78, 5) is 15.8. The van der Waals surface area contributed by atoms with Crippen molar-refractivity contribution >= 4 is 22.2 Å². The molecule has 1 aliphatic heterocycles. The highest BCUT2D eigenvalue weighted by Gasteiger charge is 2.25. The van der Waals surface area contributed by atoms with Gasteiger partial charge >= 0.3 is 0 Å². The Kier molecular flexibility index (Phi) is 4.13. The maximum atomic E-state index is 13.6. The van der Waals surface area contributed by atoms with Crippen molar-refractivity contribution in [2.24, 2.45) is 0 Å². The monoisotopic (exact) mass is 319 g/mol. The van der Waals surface area contributed by atoms with Crippen LogP contribution in [-0.4, -0.2) is 24.4 Å². The van der Waals surface area contributed by atoms with Crippen molar-refractivity contribution in [1.29, 1.82) is 0 Å². The van der Waals surface area contributed by atoms with Gasteiger partial charge in [-0.1, -0.05) is 18.2 Å². The molecule has 0 aliphatic carbocycles. The van der Waals surface area contributed by atoms with Gasteiger partial charge in [0.05, 0.1) is 10.6 Å². The van der Waals surface area contributed by atoms with Crippen molar-refractivity contribution in [3.05, 3.63) is 51.7 Å². The van der Waals surface area contributed by atoms with Crippen LogP contribution in [0.4, 0.5) is 9.39 Å². The van der Waals surface area contributed by atoms with Gasteiger partial charge in [-0.15, -0.1) is 11.3 Å². The number of amides is 1. The van der Waals surface area contributed by atoms with Crippen LogP contribution in [0.5, 0.6) is 0 Å². The van der Waals surface area contributed by atoms with Crippen LogP contribution in [-0.2, 0) is 19.5 Å². The maximum absolute atomic E-state index is 13.6. The van der Waals surface area contributed by atoms with E-state index in [1.165, 1.54) is 17.4 Å². The second kappa shape index (κ2) is 6.06. The molecule has 3 rings (SSSR count). The summed E-state index contributed by atoms with van der Waals surface area (Å²) in [6, 6.07) is 6.43. The summed E-state index contributed by atoms with van der Waals surface area (Å²) in [5, 5.41) is 3.33. The number of hydrogen-bond donors (Lipinski definition) is 2. The third kappa shape index (κ3) is 2.84.